The summed E-state index contributed by atoms with van der Waals surface area (Å²) in [4.78, 5) is 4.01. The molecule has 0 aliphatic rings. The normalized spacial score (nSPS) is 11.3. The van der Waals surface area contributed by atoms with E-state index in [0.717, 1.165) is 11.8 Å². The molecule has 0 saturated heterocycles. The minimum atomic E-state index is -0.954. The van der Waals surface area contributed by atoms with Crippen molar-refractivity contribution in [2.75, 3.05) is 5.73 Å². The molecule has 0 spiro atoms. The number of nitrogen functional groups attached to an aromatic ring is 1. The van der Waals surface area contributed by atoms with Crippen LogP contribution in [0.5, 0.6) is 0 Å². The Hall–Kier alpha value is -2.37. The summed E-state index contributed by atoms with van der Waals surface area (Å²) < 4.78 is 34.0. The summed E-state index contributed by atoms with van der Waals surface area (Å²) in [7, 11) is 0. The molecule has 0 unspecified atom stereocenters. The summed E-state index contributed by atoms with van der Waals surface area (Å²) in [5.74, 6) is -0.417. The van der Waals surface area contributed by atoms with Crippen LogP contribution in [0.4, 0.5) is 14.7 Å². The van der Waals surface area contributed by atoms with E-state index in [-0.39, 0.29) is 18.0 Å². The Bertz CT molecular complexity index is 761. The molecule has 0 saturated carbocycles. The third kappa shape index (κ3) is 1.85. The largest absolute Gasteiger partial charge is 0.464 e. The fourth-order valence-corrected chi connectivity index (χ4v) is 2.06. The molecular weight excluding hydrogens is 252 g/mol. The number of fused-ring (bicyclic) bond motifs is 1. The summed E-state index contributed by atoms with van der Waals surface area (Å²) in [5.41, 5.74) is 6.11. The van der Waals surface area contributed by atoms with Gasteiger partial charge in [0.05, 0.1) is 12.1 Å². The third-order valence-corrected chi connectivity index (χ3v) is 2.94. The van der Waals surface area contributed by atoms with Crippen LogP contribution in [0, 0.1) is 18.6 Å². The Kier molecular flexibility index (Phi) is 2.51. The van der Waals surface area contributed by atoms with Crippen LogP contribution in [0.15, 0.2) is 28.7 Å². The van der Waals surface area contributed by atoms with Crippen molar-refractivity contribution in [1.82, 2.24) is 9.55 Å². The van der Waals surface area contributed by atoms with E-state index in [2.05, 4.69) is 4.98 Å². The number of rotatable bonds is 2. The Morgan fingerprint density at radius 2 is 2.05 bits per heavy atom. The summed E-state index contributed by atoms with van der Waals surface area (Å²) in [6.07, 6.45) is 0. The molecular formula is C13H11F2N3O. The van der Waals surface area contributed by atoms with Crippen molar-refractivity contribution in [3.05, 3.63) is 47.4 Å². The molecule has 3 aromatic rings. The average molecular weight is 263 g/mol. The molecule has 19 heavy (non-hydrogen) atoms. The van der Waals surface area contributed by atoms with Crippen molar-refractivity contribution in [1.29, 1.82) is 0 Å². The zero-order chi connectivity index (χ0) is 13.6. The van der Waals surface area contributed by atoms with Gasteiger partial charge >= 0.3 is 0 Å². The number of halogens is 2. The van der Waals surface area contributed by atoms with E-state index < -0.39 is 11.6 Å². The summed E-state index contributed by atoms with van der Waals surface area (Å²) in [5, 5.41) is 0. The smallest absolute Gasteiger partial charge is 0.201 e. The van der Waals surface area contributed by atoms with E-state index >= 15 is 0 Å². The summed E-state index contributed by atoms with van der Waals surface area (Å²) in [6, 6.07) is 5.98. The van der Waals surface area contributed by atoms with Gasteiger partial charge < -0.3 is 14.7 Å². The molecule has 0 amide bonds. The monoisotopic (exact) mass is 263 g/mol. The summed E-state index contributed by atoms with van der Waals surface area (Å²) >= 11 is 0. The molecule has 0 aliphatic carbocycles. The number of benzene rings is 1. The average Bonchev–Trinajstić information content (AvgIpc) is 2.90. The molecule has 0 atom stereocenters. The van der Waals surface area contributed by atoms with Gasteiger partial charge in [0.15, 0.2) is 11.6 Å². The first kappa shape index (κ1) is 11.7. The molecule has 98 valence electrons. The Labute approximate surface area is 107 Å². The van der Waals surface area contributed by atoms with Crippen LogP contribution in [0.1, 0.15) is 11.5 Å². The molecule has 4 nitrogen and oxygen atoms in total. The zero-order valence-electron chi connectivity index (χ0n) is 10.2. The van der Waals surface area contributed by atoms with Crippen molar-refractivity contribution < 1.29 is 13.2 Å². The second kappa shape index (κ2) is 4.08. The molecule has 0 bridgehead atoms. The number of hydrogen-bond acceptors (Lipinski definition) is 3. The van der Waals surface area contributed by atoms with Crippen LogP contribution in [-0.4, -0.2) is 9.55 Å². The van der Waals surface area contributed by atoms with Gasteiger partial charge in [-0.2, -0.15) is 0 Å². The predicted octanol–water partition coefficient (Wildman–Crippen LogP) is 2.85. The molecule has 3 rings (SSSR count). The maximum atomic E-state index is 13.9. The van der Waals surface area contributed by atoms with E-state index in [1.54, 1.807) is 19.1 Å². The number of nitrogens with zero attached hydrogens (tertiary/aromatic N) is 2. The molecule has 2 aromatic heterocycles. The van der Waals surface area contributed by atoms with Gasteiger partial charge in [-0.15, -0.1) is 0 Å². The van der Waals surface area contributed by atoms with Gasteiger partial charge in [-0.3, -0.25) is 0 Å². The number of furan rings is 1. The first-order valence-electron chi connectivity index (χ1n) is 5.71. The topological polar surface area (TPSA) is 57.0 Å². The number of anilines is 1. The van der Waals surface area contributed by atoms with Crippen molar-refractivity contribution in [2.45, 2.75) is 13.5 Å². The van der Waals surface area contributed by atoms with Gasteiger partial charge in [-0.1, -0.05) is 0 Å². The highest BCUT2D eigenvalue weighted by molar-refractivity contribution is 5.79. The zero-order valence-corrected chi connectivity index (χ0v) is 10.2. The van der Waals surface area contributed by atoms with Gasteiger partial charge in [-0.05, 0) is 31.2 Å². The van der Waals surface area contributed by atoms with Crippen LogP contribution in [0.2, 0.25) is 0 Å². The lowest BCUT2D eigenvalue weighted by Crippen LogP contribution is -2.05. The number of aromatic nitrogens is 2. The maximum Gasteiger partial charge on any atom is 0.201 e. The third-order valence-electron chi connectivity index (χ3n) is 2.94. The first-order valence-corrected chi connectivity index (χ1v) is 5.71. The van der Waals surface area contributed by atoms with Crippen LogP contribution in [-0.2, 0) is 6.54 Å². The van der Waals surface area contributed by atoms with E-state index in [1.807, 2.05) is 0 Å². The number of hydrogen-bond donors (Lipinski definition) is 1. The van der Waals surface area contributed by atoms with Crippen LogP contribution >= 0.6 is 0 Å². The van der Waals surface area contributed by atoms with Crippen LogP contribution in [0.3, 0.4) is 0 Å². The second-order valence-electron chi connectivity index (χ2n) is 4.30. The second-order valence-corrected chi connectivity index (χ2v) is 4.30. The maximum absolute atomic E-state index is 13.9. The fourth-order valence-electron chi connectivity index (χ4n) is 2.06. The van der Waals surface area contributed by atoms with Crippen LogP contribution in [0.25, 0.3) is 11.0 Å². The van der Waals surface area contributed by atoms with E-state index in [9.17, 15) is 8.78 Å². The van der Waals surface area contributed by atoms with Gasteiger partial charge in [0.25, 0.3) is 0 Å². The Balaban J connectivity index is 2.17. The summed E-state index contributed by atoms with van der Waals surface area (Å²) in [6.45, 7) is 2.01. The minimum absolute atomic E-state index is 0.0477. The quantitative estimate of drug-likeness (QED) is 0.773. The molecule has 1 aromatic carbocycles. The van der Waals surface area contributed by atoms with Gasteiger partial charge in [0, 0.05) is 0 Å². The van der Waals surface area contributed by atoms with E-state index in [4.69, 9.17) is 10.2 Å². The number of imidazole rings is 1. The number of aryl methyl sites for hydroxylation is 1. The molecule has 2 N–H and O–H groups in total. The molecule has 0 radical (unpaired) electrons. The molecule has 0 aliphatic heterocycles. The highest BCUT2D eigenvalue weighted by Gasteiger charge is 2.16. The van der Waals surface area contributed by atoms with Crippen molar-refractivity contribution in [3.8, 4) is 0 Å². The highest BCUT2D eigenvalue weighted by Crippen LogP contribution is 2.24. The van der Waals surface area contributed by atoms with Crippen molar-refractivity contribution >= 4 is 17.0 Å². The predicted molar refractivity (Wildman–Crippen MR) is 66.6 cm³/mol. The lowest BCUT2D eigenvalue weighted by molar-refractivity contribution is 0.470. The van der Waals surface area contributed by atoms with Crippen molar-refractivity contribution in [2.24, 2.45) is 0 Å². The molecule has 6 heteroatoms. The van der Waals surface area contributed by atoms with E-state index in [1.165, 1.54) is 10.6 Å². The minimum Gasteiger partial charge on any atom is -0.464 e. The Morgan fingerprint density at radius 3 is 2.74 bits per heavy atom. The van der Waals surface area contributed by atoms with E-state index in [0.29, 0.717) is 11.3 Å². The highest BCUT2D eigenvalue weighted by atomic mass is 19.2. The lowest BCUT2D eigenvalue weighted by Gasteiger charge is -2.05. The fraction of sp³-hybridized carbons (Fsp3) is 0.154. The van der Waals surface area contributed by atoms with Gasteiger partial charge in [-0.25, -0.2) is 13.8 Å². The molecule has 0 fully saturated rings. The number of nitrogens with two attached hydrogens (primary N) is 1. The van der Waals surface area contributed by atoms with Crippen LogP contribution < -0.4 is 5.73 Å². The molecule has 2 heterocycles. The SMILES string of the molecule is Cc1ccc(Cn2c(N)nc3ccc(F)c(F)c32)o1. The Morgan fingerprint density at radius 1 is 1.26 bits per heavy atom. The van der Waals surface area contributed by atoms with Gasteiger partial charge in [0.2, 0.25) is 5.95 Å². The van der Waals surface area contributed by atoms with Crippen molar-refractivity contribution in [3.63, 3.8) is 0 Å². The lowest BCUT2D eigenvalue weighted by atomic mass is 10.3. The first-order chi connectivity index (χ1) is 9.06. The standard InChI is InChI=1S/C13H11F2N3O/c1-7-2-3-8(19-7)6-18-12-10(17-13(18)16)5-4-9(14)11(12)15/h2-5H,6H2,1H3,(H2,16,17). The van der Waals surface area contributed by atoms with Gasteiger partial charge in [0.1, 0.15) is 17.0 Å².